The number of carbonyl (C=O) groups is 1. The molecule has 9 heteroatoms. The number of nitrogens with two attached hydrogens (primary N) is 1. The van der Waals surface area contributed by atoms with Gasteiger partial charge >= 0.3 is 0 Å². The molecular weight excluding hydrogens is 480 g/mol. The summed E-state index contributed by atoms with van der Waals surface area (Å²) in [5, 5.41) is 14.8. The third-order valence-corrected chi connectivity index (χ3v) is 6.42. The summed E-state index contributed by atoms with van der Waals surface area (Å²) in [5.74, 6) is 2.24. The molecular formula is C29H30N6O3. The molecule has 1 aliphatic carbocycles. The molecule has 194 valence electrons. The van der Waals surface area contributed by atoms with E-state index in [0.29, 0.717) is 41.0 Å². The molecule has 38 heavy (non-hydrogen) atoms. The Kier molecular flexibility index (Phi) is 7.35. The molecule has 0 radical (unpaired) electrons. The van der Waals surface area contributed by atoms with Crippen LogP contribution in [0.5, 0.6) is 11.5 Å². The maximum atomic E-state index is 12.2. The van der Waals surface area contributed by atoms with Crippen LogP contribution in [-0.4, -0.2) is 41.3 Å². The minimum absolute atomic E-state index is 0.0436. The third kappa shape index (κ3) is 5.67. The van der Waals surface area contributed by atoms with Crippen molar-refractivity contribution in [2.75, 3.05) is 24.3 Å². The van der Waals surface area contributed by atoms with Crippen molar-refractivity contribution in [2.45, 2.75) is 32.2 Å². The molecule has 1 saturated carbocycles. The fourth-order valence-electron chi connectivity index (χ4n) is 4.20. The molecule has 9 nitrogen and oxygen atoms in total. The van der Waals surface area contributed by atoms with E-state index in [2.05, 4.69) is 10.6 Å². The molecule has 5 rings (SSSR count). The number of aromatic nitrogens is 2. The maximum absolute atomic E-state index is 12.2. The fraction of sp³-hybridized carbons (Fsp3) is 0.241. The molecule has 1 aliphatic rings. The van der Waals surface area contributed by atoms with Gasteiger partial charge in [0.25, 0.3) is 5.91 Å². The van der Waals surface area contributed by atoms with Crippen molar-refractivity contribution < 1.29 is 14.3 Å². The minimum atomic E-state index is -0.119. The molecule has 1 aromatic heterocycles. The van der Waals surface area contributed by atoms with Crippen LogP contribution >= 0.6 is 0 Å². The summed E-state index contributed by atoms with van der Waals surface area (Å²) in [7, 11) is 0. The normalized spacial score (nSPS) is 13.0. The number of ether oxygens (including phenoxy) is 2. The highest BCUT2D eigenvalue weighted by atomic mass is 16.5. The van der Waals surface area contributed by atoms with Gasteiger partial charge in [-0.25, -0.2) is 9.97 Å². The van der Waals surface area contributed by atoms with Crippen molar-refractivity contribution in [3.05, 3.63) is 66.2 Å². The van der Waals surface area contributed by atoms with Crippen LogP contribution in [0.1, 0.15) is 31.7 Å². The largest absolute Gasteiger partial charge is 0.494 e. The van der Waals surface area contributed by atoms with E-state index >= 15 is 0 Å². The zero-order valence-electron chi connectivity index (χ0n) is 21.2. The lowest BCUT2D eigenvalue weighted by atomic mass is 9.93. The first-order valence-electron chi connectivity index (χ1n) is 12.7. The first kappa shape index (κ1) is 25.0. The first-order valence-corrected chi connectivity index (χ1v) is 12.7. The molecule has 1 amide bonds. The van der Waals surface area contributed by atoms with Crippen molar-refractivity contribution in [3.8, 4) is 22.9 Å². The van der Waals surface area contributed by atoms with E-state index in [1.54, 1.807) is 12.1 Å². The Hall–Kier alpha value is -4.66. The average Bonchev–Trinajstić information content (AvgIpc) is 2.91. The van der Waals surface area contributed by atoms with Gasteiger partial charge in [-0.1, -0.05) is 12.1 Å². The summed E-state index contributed by atoms with van der Waals surface area (Å²) in [5.41, 5.74) is 9.32. The highest BCUT2D eigenvalue weighted by molar-refractivity contribution is 5.94. The van der Waals surface area contributed by atoms with Crippen molar-refractivity contribution >= 4 is 40.2 Å². The number of nitrogen functional groups attached to an aromatic ring is 1. The van der Waals surface area contributed by atoms with Crippen molar-refractivity contribution in [3.63, 3.8) is 0 Å². The second kappa shape index (κ2) is 11.2. The van der Waals surface area contributed by atoms with Crippen LogP contribution in [-0.2, 0) is 4.79 Å². The van der Waals surface area contributed by atoms with Crippen LogP contribution < -0.4 is 25.8 Å². The Labute approximate surface area is 220 Å². The first-order chi connectivity index (χ1) is 18.5. The number of anilines is 3. The molecule has 0 saturated heterocycles. The summed E-state index contributed by atoms with van der Waals surface area (Å²) in [6.45, 7) is 2.43. The van der Waals surface area contributed by atoms with E-state index < -0.39 is 0 Å². The van der Waals surface area contributed by atoms with Gasteiger partial charge < -0.3 is 31.3 Å². The monoisotopic (exact) mass is 510 g/mol. The van der Waals surface area contributed by atoms with Crippen molar-refractivity contribution in [1.82, 2.24) is 15.3 Å². The predicted octanol–water partition coefficient (Wildman–Crippen LogP) is 5.07. The summed E-state index contributed by atoms with van der Waals surface area (Å²) < 4.78 is 11.5. The van der Waals surface area contributed by atoms with Crippen LogP contribution in [0.3, 0.4) is 0 Å². The molecule has 3 aromatic carbocycles. The van der Waals surface area contributed by atoms with Crippen LogP contribution in [0.25, 0.3) is 22.3 Å². The number of amides is 1. The SMILES string of the molecule is CCOc1ccc2nc(-c3cccc(OCC(=O)NC4CCC4)c3)nc(Nc3ccc(N)c(C=N)c3)c2c1. The highest BCUT2D eigenvalue weighted by Gasteiger charge is 2.19. The molecule has 0 spiro atoms. The summed E-state index contributed by atoms with van der Waals surface area (Å²) in [6.07, 6.45) is 4.44. The summed E-state index contributed by atoms with van der Waals surface area (Å²) >= 11 is 0. The van der Waals surface area contributed by atoms with Gasteiger partial charge in [0, 0.05) is 40.1 Å². The maximum Gasteiger partial charge on any atom is 0.258 e. The van der Waals surface area contributed by atoms with Gasteiger partial charge in [-0.05, 0) is 74.7 Å². The van der Waals surface area contributed by atoms with E-state index in [-0.39, 0.29) is 18.6 Å². The molecule has 0 aliphatic heterocycles. The summed E-state index contributed by atoms with van der Waals surface area (Å²) in [6, 6.07) is 18.7. The lowest BCUT2D eigenvalue weighted by molar-refractivity contribution is -0.124. The number of hydrogen-bond donors (Lipinski definition) is 4. The van der Waals surface area contributed by atoms with Gasteiger partial charge in [-0.15, -0.1) is 0 Å². The van der Waals surface area contributed by atoms with Gasteiger partial charge in [-0.3, -0.25) is 4.79 Å². The molecule has 0 atom stereocenters. The zero-order chi connectivity index (χ0) is 26.5. The smallest absolute Gasteiger partial charge is 0.258 e. The Morgan fingerprint density at radius 2 is 1.92 bits per heavy atom. The Bertz CT molecular complexity index is 1480. The standard InChI is InChI=1S/C29H30N6O3/c1-2-37-23-10-12-26-24(15-23)29(33-21-9-11-25(31)19(13-21)16-30)35-28(34-26)18-5-3-8-22(14-18)38-17-27(36)32-20-6-4-7-20/h3,5,8-16,20,30H,2,4,6-7,17,31H2,1H3,(H,32,36)(H,33,34,35). The highest BCUT2D eigenvalue weighted by Crippen LogP contribution is 2.32. The third-order valence-electron chi connectivity index (χ3n) is 6.42. The second-order valence-corrected chi connectivity index (χ2v) is 9.13. The molecule has 0 unspecified atom stereocenters. The number of benzene rings is 3. The number of nitrogens with zero attached hydrogens (tertiary/aromatic N) is 2. The number of nitrogens with one attached hydrogen (secondary N) is 3. The van der Waals surface area contributed by atoms with Crippen LogP contribution in [0, 0.1) is 5.41 Å². The number of rotatable bonds is 10. The second-order valence-electron chi connectivity index (χ2n) is 9.13. The van der Waals surface area contributed by atoms with Crippen molar-refractivity contribution in [1.29, 1.82) is 5.41 Å². The quantitative estimate of drug-likeness (QED) is 0.173. The van der Waals surface area contributed by atoms with E-state index in [4.69, 9.17) is 30.6 Å². The average molecular weight is 511 g/mol. The van der Waals surface area contributed by atoms with E-state index in [1.807, 2.05) is 55.5 Å². The molecule has 4 aromatic rings. The number of carbonyl (C=O) groups excluding carboxylic acids is 1. The Morgan fingerprint density at radius 1 is 1.08 bits per heavy atom. The predicted molar refractivity (Wildman–Crippen MR) is 149 cm³/mol. The minimum Gasteiger partial charge on any atom is -0.494 e. The Morgan fingerprint density at radius 3 is 2.68 bits per heavy atom. The van der Waals surface area contributed by atoms with E-state index in [0.717, 1.165) is 41.4 Å². The van der Waals surface area contributed by atoms with Gasteiger partial charge in [0.05, 0.1) is 12.1 Å². The van der Waals surface area contributed by atoms with Gasteiger partial charge in [-0.2, -0.15) is 0 Å². The topological polar surface area (TPSA) is 135 Å². The lowest BCUT2D eigenvalue weighted by Gasteiger charge is -2.26. The lowest BCUT2D eigenvalue weighted by Crippen LogP contribution is -2.41. The summed E-state index contributed by atoms with van der Waals surface area (Å²) in [4.78, 5) is 21.8. The van der Waals surface area contributed by atoms with Crippen molar-refractivity contribution in [2.24, 2.45) is 0 Å². The number of hydrogen-bond acceptors (Lipinski definition) is 8. The van der Waals surface area contributed by atoms with Gasteiger partial charge in [0.1, 0.15) is 17.3 Å². The van der Waals surface area contributed by atoms with Crippen LogP contribution in [0.4, 0.5) is 17.2 Å². The van der Waals surface area contributed by atoms with Gasteiger partial charge in [0.2, 0.25) is 0 Å². The number of fused-ring (bicyclic) bond motifs is 1. The van der Waals surface area contributed by atoms with Crippen LogP contribution in [0.2, 0.25) is 0 Å². The van der Waals surface area contributed by atoms with E-state index in [9.17, 15) is 4.79 Å². The molecule has 1 heterocycles. The Balaban J connectivity index is 1.46. The molecule has 1 fully saturated rings. The molecule has 5 N–H and O–H groups in total. The fourth-order valence-corrected chi connectivity index (χ4v) is 4.20. The van der Waals surface area contributed by atoms with Crippen LogP contribution in [0.15, 0.2) is 60.7 Å². The molecule has 0 bridgehead atoms. The van der Waals surface area contributed by atoms with Gasteiger partial charge in [0.15, 0.2) is 12.4 Å². The zero-order valence-corrected chi connectivity index (χ0v) is 21.2. The van der Waals surface area contributed by atoms with E-state index in [1.165, 1.54) is 6.21 Å².